The van der Waals surface area contributed by atoms with E-state index in [1.807, 2.05) is 0 Å². The molecule has 9 nitrogen and oxygen atoms in total. The van der Waals surface area contributed by atoms with Crippen LogP contribution in [0, 0.1) is 111 Å². The van der Waals surface area contributed by atoms with Gasteiger partial charge >= 0.3 is 0 Å². The molecule has 8 N–H and O–H groups in total. The van der Waals surface area contributed by atoms with Gasteiger partial charge in [0.25, 0.3) is 0 Å². The van der Waals surface area contributed by atoms with Crippen LogP contribution in [-0.2, 0) is 4.74 Å². The van der Waals surface area contributed by atoms with Crippen LogP contribution < -0.4 is 42.5 Å². The van der Waals surface area contributed by atoms with E-state index in [0.29, 0.717) is 12.1 Å². The van der Waals surface area contributed by atoms with Crippen LogP contribution in [-0.4, -0.2) is 115 Å². The number of nitrogens with one attached hydrogen (secondary N) is 8. The van der Waals surface area contributed by atoms with Gasteiger partial charge in [-0.3, -0.25) is 0 Å². The summed E-state index contributed by atoms with van der Waals surface area (Å²) in [5.74, 6) is 14.9. The number of hydrogen-bond acceptors (Lipinski definition) is 9. The van der Waals surface area contributed by atoms with Crippen molar-refractivity contribution in [3.63, 3.8) is 0 Å². The standard InChI is InChI=1S/C9H16.C7H13NO.4C7H13N.3C6H11N.9C4H10.5CH4/c1-2-5-9(6-3-1)7-4-8-9;1-2-6-4-9-5-7(3-1)8-6;1-2-7-3-6(1)4-8-5-7;1-2-6-4-8-5-7(6)3-1;1-2-6-4-5-7(3-1)8-6;1-2-4-7(3-1)5-8-6-7;1-5-2-6(1)4-7-3-5;1-2-6-3-5(1)4-7-6;1-2-6(3-1)4-7-5-6;9*1-4(2)3;;;;;/h1-8H2;6-8H,1-5H2;3*6-8H,1-5H2;8H,1-6H2;2*5-7H,1-4H2;7H,1-5H2;9*4H,1-3H3;5*1H4. The second kappa shape index (κ2) is 71.2. The number of piperidine rings is 6. The second-order valence-electron chi connectivity index (χ2n) is 43.8. The molecule has 11 heterocycles. The smallest absolute Gasteiger partial charge is 0.0620 e. The lowest BCUT2D eigenvalue weighted by Gasteiger charge is -2.49. The lowest BCUT2D eigenvalue weighted by Crippen LogP contribution is -2.57. The zero-order valence-electron chi connectivity index (χ0n) is 78.3. The SMILES string of the molecule is C.C.C.C.C.C1CC2(C1)CNC2.C1CC2CC1CN2.C1CC2CCC(C1)N2.C1CC2CNCC1C2.C1CC2CNCC2C1.C1CC2COCC(C1)N2.C1CCC2(C1)CNC2.C1CCC2(CC1)CCC2.C1NCC2CC1C2.CC(C)C.CC(C)C.CC(C)C.CC(C)C.CC(C)C.CC(C)C.CC(C)C.CC(C)C.CC(C)C. The van der Waals surface area contributed by atoms with Gasteiger partial charge in [-0.2, -0.15) is 0 Å². The summed E-state index contributed by atoms with van der Waals surface area (Å²) >= 11 is 0. The van der Waals surface area contributed by atoms with E-state index in [-0.39, 0.29) is 37.1 Å². The summed E-state index contributed by atoms with van der Waals surface area (Å²) in [5, 5.41) is 27.5. The van der Waals surface area contributed by atoms with Crippen molar-refractivity contribution in [2.45, 2.75) is 473 Å². The van der Waals surface area contributed by atoms with Gasteiger partial charge < -0.3 is 47.3 Å². The van der Waals surface area contributed by atoms with Gasteiger partial charge in [-0.05, 0) is 311 Å². The second-order valence-corrected chi connectivity index (χ2v) is 43.8. The number of ether oxygens (including phenoxy) is 1. The van der Waals surface area contributed by atoms with Crippen LogP contribution in [0.1, 0.15) is 442 Å². The van der Waals surface area contributed by atoms with Gasteiger partial charge in [0.2, 0.25) is 0 Å². The molecule has 0 aromatic carbocycles. The molecule has 682 valence electrons. The minimum absolute atomic E-state index is 0. The van der Waals surface area contributed by atoms with Crippen LogP contribution >= 0.6 is 0 Å². The fourth-order valence-corrected chi connectivity index (χ4v) is 17.3. The summed E-state index contributed by atoms with van der Waals surface area (Å²) in [5.41, 5.74) is 2.54. The summed E-state index contributed by atoms with van der Waals surface area (Å²) in [6.07, 6.45) is 50.6. The van der Waals surface area contributed by atoms with E-state index in [9.17, 15) is 0 Å². The Morgan fingerprint density at radius 1 is 0.223 bits per heavy atom. The third kappa shape index (κ3) is 65.4. The van der Waals surface area contributed by atoms with Gasteiger partial charge in [0.1, 0.15) is 0 Å². The Kier molecular flexibility index (Phi) is 76.4. The van der Waals surface area contributed by atoms with Crippen molar-refractivity contribution in [2.24, 2.45) is 111 Å². The third-order valence-corrected chi connectivity index (χ3v) is 22.6. The van der Waals surface area contributed by atoms with Gasteiger partial charge in [0.05, 0.1) is 13.2 Å². The molecular formula is C103H224N8O. The highest BCUT2D eigenvalue weighted by atomic mass is 16.5. The average Bonchev–Trinajstić information content (AvgIpc) is 1.28. The van der Waals surface area contributed by atoms with Crippen molar-refractivity contribution >= 4 is 0 Å². The number of morpholine rings is 1. The predicted octanol–water partition coefficient (Wildman–Crippen LogP) is 28.4. The van der Waals surface area contributed by atoms with Gasteiger partial charge in [0, 0.05) is 56.4 Å². The highest BCUT2D eigenvalue weighted by molar-refractivity contribution is 4.98. The minimum atomic E-state index is 0. The van der Waals surface area contributed by atoms with Crippen LogP contribution in [0.3, 0.4) is 0 Å². The monoisotopic (exact) mass is 1590 g/mol. The molecule has 3 spiro atoms. The van der Waals surface area contributed by atoms with Crippen LogP contribution in [0.25, 0.3) is 0 Å². The van der Waals surface area contributed by atoms with Crippen LogP contribution in [0.15, 0.2) is 0 Å². The van der Waals surface area contributed by atoms with E-state index < -0.39 is 0 Å². The zero-order chi connectivity index (χ0) is 80.2. The summed E-state index contributed by atoms with van der Waals surface area (Å²) in [7, 11) is 0. The van der Waals surface area contributed by atoms with E-state index in [1.165, 1.54) is 265 Å². The number of fused-ring (bicyclic) bond motifs is 11. The molecule has 19 aliphatic rings. The Morgan fingerprint density at radius 2 is 0.482 bits per heavy atom. The molecule has 19 rings (SSSR count). The molecule has 0 aromatic rings. The fraction of sp³-hybridized carbons (Fsp3) is 1.00. The Hall–Kier alpha value is -0.360. The van der Waals surface area contributed by atoms with Crippen molar-refractivity contribution in [3.05, 3.63) is 0 Å². The molecule has 10 unspecified atom stereocenters. The molecule has 8 saturated carbocycles. The fourth-order valence-electron chi connectivity index (χ4n) is 17.3. The van der Waals surface area contributed by atoms with Crippen molar-refractivity contribution in [3.8, 4) is 0 Å². The van der Waals surface area contributed by atoms with Gasteiger partial charge in [0.15, 0.2) is 0 Å². The molecule has 9 heteroatoms. The molecule has 11 aliphatic heterocycles. The summed E-state index contributed by atoms with van der Waals surface area (Å²) < 4.78 is 5.37. The van der Waals surface area contributed by atoms with Crippen molar-refractivity contribution < 1.29 is 4.74 Å². The van der Waals surface area contributed by atoms with E-state index >= 15 is 0 Å². The maximum absolute atomic E-state index is 5.37. The molecule has 8 aliphatic carbocycles. The highest BCUT2D eigenvalue weighted by Crippen LogP contribution is 2.51. The molecule has 0 aromatic heterocycles. The third-order valence-electron chi connectivity index (χ3n) is 22.6. The first-order valence-electron chi connectivity index (χ1n) is 47.9. The Morgan fingerprint density at radius 3 is 0.696 bits per heavy atom. The summed E-state index contributed by atoms with van der Waals surface area (Å²) in [6, 6.07) is 4.10. The largest absolute Gasteiger partial charge is 0.378 e. The zero-order valence-corrected chi connectivity index (χ0v) is 78.3. The van der Waals surface area contributed by atoms with Crippen LogP contribution in [0.2, 0.25) is 0 Å². The molecule has 112 heavy (non-hydrogen) atoms. The first-order chi connectivity index (χ1) is 50.5. The van der Waals surface area contributed by atoms with Gasteiger partial charge in [-0.15, -0.1) is 0 Å². The van der Waals surface area contributed by atoms with Crippen LogP contribution in [0.4, 0.5) is 0 Å². The molecule has 0 radical (unpaired) electrons. The van der Waals surface area contributed by atoms with E-state index in [0.717, 1.165) is 142 Å². The molecule has 10 atom stereocenters. The van der Waals surface area contributed by atoms with Crippen LogP contribution in [0.5, 0.6) is 0 Å². The summed E-state index contributed by atoms with van der Waals surface area (Å²) in [4.78, 5) is 0. The van der Waals surface area contributed by atoms with Gasteiger partial charge in [-0.25, -0.2) is 0 Å². The van der Waals surface area contributed by atoms with E-state index in [1.54, 1.807) is 25.7 Å². The first-order valence-corrected chi connectivity index (χ1v) is 47.9. The molecule has 11 saturated heterocycles. The van der Waals surface area contributed by atoms with Crippen molar-refractivity contribution in [2.75, 3.05) is 85.2 Å². The molecular weight excluding hydrogens is 1370 g/mol. The average molecular weight is 1590 g/mol. The van der Waals surface area contributed by atoms with Crippen molar-refractivity contribution in [1.82, 2.24) is 42.5 Å². The lowest BCUT2D eigenvalue weighted by atomic mass is 9.61. The predicted molar refractivity (Wildman–Crippen MR) is 515 cm³/mol. The molecule has 19 fully saturated rings. The first kappa shape index (κ1) is 120. The lowest BCUT2D eigenvalue weighted by molar-refractivity contribution is 0.0238. The number of rotatable bonds is 0. The van der Waals surface area contributed by atoms with E-state index in [4.69, 9.17) is 4.74 Å². The molecule has 10 bridgehead atoms. The Balaban J connectivity index is -0.000000363. The topological polar surface area (TPSA) is 105 Å². The van der Waals surface area contributed by atoms with Crippen molar-refractivity contribution in [1.29, 1.82) is 0 Å². The molecule has 0 amide bonds. The maximum Gasteiger partial charge on any atom is 0.0620 e. The Bertz CT molecular complexity index is 1680. The Labute approximate surface area is 711 Å². The summed E-state index contributed by atoms with van der Waals surface area (Å²) in [6.45, 7) is 74.8. The normalized spacial score (nSPS) is 29.0. The highest BCUT2D eigenvalue weighted by Gasteiger charge is 2.42. The maximum atomic E-state index is 5.37. The van der Waals surface area contributed by atoms with Gasteiger partial charge in [-0.1, -0.05) is 288 Å². The number of hydrogen-bond donors (Lipinski definition) is 8. The quantitative estimate of drug-likeness (QED) is 0.120. The van der Waals surface area contributed by atoms with E-state index in [2.05, 4.69) is 229 Å². The minimum Gasteiger partial charge on any atom is -0.378 e.